The van der Waals surface area contributed by atoms with E-state index in [1.165, 1.54) is 0 Å². The lowest BCUT2D eigenvalue weighted by atomic mass is 9.99. The van der Waals surface area contributed by atoms with E-state index < -0.39 is 6.04 Å². The molecule has 3 fully saturated rings. The first-order chi connectivity index (χ1) is 23.6. The number of nitrogens with zero attached hydrogens (tertiary/aromatic N) is 5. The van der Waals surface area contributed by atoms with Gasteiger partial charge in [0.2, 0.25) is 5.91 Å². The zero-order chi connectivity index (χ0) is 34.7. The van der Waals surface area contributed by atoms with Gasteiger partial charge < -0.3 is 36.0 Å². The molecular formula is C35H46Br2N8O4. The van der Waals surface area contributed by atoms with Crippen molar-refractivity contribution in [1.29, 1.82) is 0 Å². The van der Waals surface area contributed by atoms with Crippen molar-refractivity contribution in [1.82, 2.24) is 29.8 Å². The number of likely N-dealkylation sites (N-methyl/N-ethyl adjacent to an activating group) is 1. The Bertz CT molecular complexity index is 1530. The summed E-state index contributed by atoms with van der Waals surface area (Å²) >= 11 is 6.82. The number of likely N-dealkylation sites (tertiary alicyclic amines) is 2. The van der Waals surface area contributed by atoms with Gasteiger partial charge in [0, 0.05) is 97.6 Å². The molecule has 4 aliphatic rings. The number of piperazine rings is 1. The highest BCUT2D eigenvalue weighted by atomic mass is 79.9. The smallest absolute Gasteiger partial charge is 0.322 e. The molecule has 0 aromatic heterocycles. The highest BCUT2D eigenvalue weighted by Gasteiger charge is 2.36. The number of fused-ring (bicyclic) bond motifs is 1. The maximum Gasteiger partial charge on any atom is 0.322 e. The van der Waals surface area contributed by atoms with E-state index in [1.54, 1.807) is 21.9 Å². The minimum absolute atomic E-state index is 0.0147. The largest absolute Gasteiger partial charge is 0.397 e. The summed E-state index contributed by atoms with van der Waals surface area (Å²) in [7, 11) is 2.15. The summed E-state index contributed by atoms with van der Waals surface area (Å²) in [6.07, 6.45) is 3.56. The van der Waals surface area contributed by atoms with E-state index in [4.69, 9.17) is 5.73 Å². The molecule has 0 saturated carbocycles. The number of amides is 5. The van der Waals surface area contributed by atoms with E-state index in [1.807, 2.05) is 29.2 Å². The number of nitrogen functional groups attached to an aromatic ring is 1. The van der Waals surface area contributed by atoms with Crippen molar-refractivity contribution in [3.8, 4) is 0 Å². The average Bonchev–Trinajstić information content (AvgIpc) is 3.28. The van der Waals surface area contributed by atoms with Crippen LogP contribution in [0.3, 0.4) is 0 Å². The number of urea groups is 2. The highest BCUT2D eigenvalue weighted by Crippen LogP contribution is 2.31. The molecule has 0 radical (unpaired) electrons. The Labute approximate surface area is 304 Å². The quantitative estimate of drug-likeness (QED) is 0.282. The number of Topliss-reactive ketones (excluding diaryl/α,β-unsaturated/α-hetero) is 1. The summed E-state index contributed by atoms with van der Waals surface area (Å²) in [4.78, 5) is 64.7. The SMILES string of the molecule is CN1CCN(C2CCN(C(=O)N[C@@H](CC(=O)c3cc(Br)c(N)c(Br)c3)C(=O)N3CCC(N4CCc5ccccc5NC4=O)CC3)CC2)CC1. The molecule has 14 heteroatoms. The van der Waals surface area contributed by atoms with Crippen LogP contribution in [0.15, 0.2) is 45.3 Å². The number of hydrogen-bond donors (Lipinski definition) is 3. The van der Waals surface area contributed by atoms with E-state index in [-0.39, 0.29) is 36.2 Å². The van der Waals surface area contributed by atoms with Crippen molar-refractivity contribution in [3.63, 3.8) is 0 Å². The molecule has 2 aromatic rings. The molecule has 6 rings (SSSR count). The van der Waals surface area contributed by atoms with Gasteiger partial charge in [0.25, 0.3) is 0 Å². The van der Waals surface area contributed by atoms with Crippen LogP contribution in [-0.2, 0) is 11.2 Å². The minimum atomic E-state index is -1.03. The third-order valence-electron chi connectivity index (χ3n) is 10.6. The van der Waals surface area contributed by atoms with Crippen LogP contribution in [0.4, 0.5) is 21.0 Å². The molecule has 0 spiro atoms. The van der Waals surface area contributed by atoms with Crippen LogP contribution in [0.2, 0.25) is 0 Å². The second-order valence-corrected chi connectivity index (χ2v) is 15.3. The number of piperidine rings is 2. The fourth-order valence-electron chi connectivity index (χ4n) is 7.47. The molecule has 0 aliphatic carbocycles. The zero-order valence-corrected chi connectivity index (χ0v) is 31.2. The summed E-state index contributed by atoms with van der Waals surface area (Å²) in [6.45, 7) is 6.84. The van der Waals surface area contributed by atoms with Crippen LogP contribution < -0.4 is 16.4 Å². The molecule has 0 bridgehead atoms. The van der Waals surface area contributed by atoms with Gasteiger partial charge in [-0.15, -0.1) is 0 Å². The van der Waals surface area contributed by atoms with E-state index in [9.17, 15) is 19.2 Å². The van der Waals surface area contributed by atoms with Crippen LogP contribution in [0.5, 0.6) is 0 Å². The standard InChI is InChI=1S/C35H46Br2N8O4/c1-41-16-18-42(19-17-41)25-7-13-44(14-8-25)34(48)40-30(22-31(46)24-20-27(36)32(38)28(37)21-24)33(47)43-11-9-26(10-12-43)45-15-6-23-4-2-3-5-29(23)39-35(45)49/h2-5,20-21,25-26,30H,6-19,22,38H2,1H3,(H,39,49)(H,40,48)/t30-/m0/s1. The van der Waals surface area contributed by atoms with Gasteiger partial charge in [-0.05, 0) is 94.8 Å². The number of hydrogen-bond acceptors (Lipinski definition) is 7. The molecule has 49 heavy (non-hydrogen) atoms. The van der Waals surface area contributed by atoms with Crippen molar-refractivity contribution in [2.75, 3.05) is 77.0 Å². The number of nitrogens with two attached hydrogens (primary N) is 1. The van der Waals surface area contributed by atoms with Crippen molar-refractivity contribution in [3.05, 3.63) is 56.5 Å². The molecule has 4 heterocycles. The monoisotopic (exact) mass is 800 g/mol. The second-order valence-electron chi connectivity index (χ2n) is 13.6. The van der Waals surface area contributed by atoms with Crippen LogP contribution >= 0.6 is 31.9 Å². The highest BCUT2D eigenvalue weighted by molar-refractivity contribution is 9.11. The summed E-state index contributed by atoms with van der Waals surface area (Å²) in [5.41, 5.74) is 8.87. The fraction of sp³-hybridized carbons (Fsp3) is 0.543. The molecule has 2 aromatic carbocycles. The lowest BCUT2D eigenvalue weighted by Crippen LogP contribution is -2.58. The number of para-hydroxylation sites is 1. The molecule has 4 N–H and O–H groups in total. The number of anilines is 2. The van der Waals surface area contributed by atoms with Gasteiger partial charge in [-0.3, -0.25) is 14.5 Å². The maximum absolute atomic E-state index is 14.1. The van der Waals surface area contributed by atoms with Crippen LogP contribution in [0, 0.1) is 0 Å². The Hall–Kier alpha value is -3.20. The fourth-order valence-corrected chi connectivity index (χ4v) is 8.65. The number of carbonyl (C=O) groups excluding carboxylic acids is 4. The first kappa shape index (κ1) is 35.6. The third-order valence-corrected chi connectivity index (χ3v) is 11.9. The second kappa shape index (κ2) is 15.8. The van der Waals surface area contributed by atoms with Gasteiger partial charge in [-0.2, -0.15) is 0 Å². The Kier molecular flexibility index (Phi) is 11.5. The molecular weight excluding hydrogens is 756 g/mol. The van der Waals surface area contributed by atoms with E-state index in [2.05, 4.69) is 59.3 Å². The van der Waals surface area contributed by atoms with Crippen LogP contribution in [0.1, 0.15) is 48.0 Å². The number of rotatable bonds is 7. The summed E-state index contributed by atoms with van der Waals surface area (Å²) < 4.78 is 1.14. The number of benzene rings is 2. The van der Waals surface area contributed by atoms with E-state index in [0.717, 1.165) is 56.7 Å². The van der Waals surface area contributed by atoms with Crippen molar-refractivity contribution < 1.29 is 19.2 Å². The van der Waals surface area contributed by atoms with Gasteiger partial charge in [-0.25, -0.2) is 9.59 Å². The number of nitrogens with one attached hydrogen (secondary N) is 2. The van der Waals surface area contributed by atoms with Gasteiger partial charge in [0.05, 0.1) is 5.69 Å². The normalized spacial score (nSPS) is 20.7. The molecule has 0 unspecified atom stereocenters. The molecule has 12 nitrogen and oxygen atoms in total. The molecule has 264 valence electrons. The lowest BCUT2D eigenvalue weighted by Gasteiger charge is -2.42. The Morgan fingerprint density at radius 3 is 2.16 bits per heavy atom. The van der Waals surface area contributed by atoms with Crippen molar-refractivity contribution >= 4 is 67.0 Å². The molecule has 5 amide bonds. The number of halogens is 2. The first-order valence-corrected chi connectivity index (χ1v) is 18.9. The first-order valence-electron chi connectivity index (χ1n) is 17.3. The van der Waals surface area contributed by atoms with Gasteiger partial charge in [0.15, 0.2) is 5.78 Å². The summed E-state index contributed by atoms with van der Waals surface area (Å²) in [6, 6.07) is 10.1. The van der Waals surface area contributed by atoms with Gasteiger partial charge in [0.1, 0.15) is 6.04 Å². The predicted octanol–water partition coefficient (Wildman–Crippen LogP) is 4.24. The number of ketones is 1. The molecule has 1 atom stereocenters. The molecule has 3 saturated heterocycles. The van der Waals surface area contributed by atoms with Crippen LogP contribution in [0.25, 0.3) is 0 Å². The summed E-state index contributed by atoms with van der Waals surface area (Å²) in [5.74, 6) is -0.557. The van der Waals surface area contributed by atoms with E-state index in [0.29, 0.717) is 71.8 Å². The Morgan fingerprint density at radius 2 is 1.49 bits per heavy atom. The Morgan fingerprint density at radius 1 is 0.878 bits per heavy atom. The average molecular weight is 803 g/mol. The van der Waals surface area contributed by atoms with Crippen molar-refractivity contribution in [2.24, 2.45) is 0 Å². The topological polar surface area (TPSA) is 135 Å². The van der Waals surface area contributed by atoms with Gasteiger partial charge >= 0.3 is 12.1 Å². The third kappa shape index (κ3) is 8.41. The van der Waals surface area contributed by atoms with Gasteiger partial charge in [-0.1, -0.05) is 18.2 Å². The maximum atomic E-state index is 14.1. The predicted molar refractivity (Wildman–Crippen MR) is 197 cm³/mol. The number of carbonyl (C=O) groups is 4. The minimum Gasteiger partial charge on any atom is -0.397 e. The lowest BCUT2D eigenvalue weighted by molar-refractivity contribution is -0.134. The van der Waals surface area contributed by atoms with E-state index >= 15 is 0 Å². The molecule has 4 aliphatic heterocycles. The van der Waals surface area contributed by atoms with Crippen LogP contribution in [-0.4, -0.2) is 132 Å². The Balaban J connectivity index is 1.10. The zero-order valence-electron chi connectivity index (χ0n) is 28.0. The van der Waals surface area contributed by atoms with Crippen molar-refractivity contribution in [2.45, 2.75) is 56.7 Å². The summed E-state index contributed by atoms with van der Waals surface area (Å²) in [5, 5.41) is 6.00.